The largest absolute Gasteiger partial charge is 0.497 e. The number of carbonyl (C=O) groups is 2. The second-order valence-corrected chi connectivity index (χ2v) is 10.2. The van der Waals surface area contributed by atoms with E-state index in [4.69, 9.17) is 4.74 Å². The summed E-state index contributed by atoms with van der Waals surface area (Å²) in [6.07, 6.45) is -0.145. The zero-order valence-electron chi connectivity index (χ0n) is 16.8. The Morgan fingerprint density at radius 2 is 1.97 bits per heavy atom. The number of amides is 2. The monoisotopic (exact) mass is 448 g/mol. The van der Waals surface area contributed by atoms with E-state index in [-0.39, 0.29) is 34.8 Å². The van der Waals surface area contributed by atoms with Gasteiger partial charge in [-0.15, -0.1) is 11.8 Å². The van der Waals surface area contributed by atoms with Crippen LogP contribution in [0.15, 0.2) is 52.3 Å². The lowest BCUT2D eigenvalue weighted by Gasteiger charge is -2.10. The van der Waals surface area contributed by atoms with Gasteiger partial charge >= 0.3 is 0 Å². The lowest BCUT2D eigenvalue weighted by Crippen LogP contribution is -2.25. The second kappa shape index (κ2) is 9.53. The number of anilines is 1. The fourth-order valence-electron chi connectivity index (χ4n) is 2.85. The number of rotatable bonds is 7. The second-order valence-electron chi connectivity index (χ2n) is 7.05. The van der Waals surface area contributed by atoms with Gasteiger partial charge in [0.1, 0.15) is 5.75 Å². The standard InChI is InChI=1S/C21H24N2O5S2/c1-14-13-29-19-8-7-17(11-18(19)23-21(14)25)30(26,27)10-9-20(24)22-12-15-3-5-16(28-2)6-4-15/h3-8,11,14H,9-10,12-13H2,1-2H3,(H,22,24)(H,23,25). The van der Waals surface area contributed by atoms with Crippen molar-refractivity contribution in [2.75, 3.05) is 23.9 Å². The van der Waals surface area contributed by atoms with Gasteiger partial charge in [0.2, 0.25) is 11.8 Å². The molecule has 0 radical (unpaired) electrons. The molecule has 1 unspecified atom stereocenters. The molecule has 3 rings (SSSR count). The molecule has 0 aliphatic carbocycles. The fraction of sp³-hybridized carbons (Fsp3) is 0.333. The maximum atomic E-state index is 12.7. The van der Waals surface area contributed by atoms with Crippen molar-refractivity contribution in [3.05, 3.63) is 48.0 Å². The van der Waals surface area contributed by atoms with E-state index in [0.29, 0.717) is 18.0 Å². The Morgan fingerprint density at radius 1 is 1.23 bits per heavy atom. The molecule has 9 heteroatoms. The van der Waals surface area contributed by atoms with Crippen molar-refractivity contribution in [1.29, 1.82) is 0 Å². The van der Waals surface area contributed by atoms with Crippen LogP contribution in [0, 0.1) is 5.92 Å². The lowest BCUT2D eigenvalue weighted by molar-refractivity contribution is -0.121. The van der Waals surface area contributed by atoms with Crippen LogP contribution >= 0.6 is 11.8 Å². The molecule has 1 aliphatic rings. The highest BCUT2D eigenvalue weighted by atomic mass is 32.2. The van der Waals surface area contributed by atoms with Crippen LogP contribution in [-0.4, -0.2) is 38.8 Å². The topological polar surface area (TPSA) is 102 Å². The number of carbonyl (C=O) groups excluding carboxylic acids is 2. The van der Waals surface area contributed by atoms with E-state index in [1.54, 1.807) is 25.3 Å². The third-order valence-corrected chi connectivity index (χ3v) is 7.80. The Bertz CT molecular complexity index is 1040. The van der Waals surface area contributed by atoms with E-state index >= 15 is 0 Å². The maximum Gasteiger partial charge on any atom is 0.228 e. The number of fused-ring (bicyclic) bond motifs is 1. The van der Waals surface area contributed by atoms with E-state index < -0.39 is 9.84 Å². The first kappa shape index (κ1) is 22.2. The molecule has 2 aromatic rings. The van der Waals surface area contributed by atoms with Crippen molar-refractivity contribution in [2.45, 2.75) is 29.7 Å². The van der Waals surface area contributed by atoms with Crippen LogP contribution in [0.25, 0.3) is 0 Å². The first-order valence-electron chi connectivity index (χ1n) is 9.48. The molecule has 1 aliphatic heterocycles. The van der Waals surface area contributed by atoms with E-state index in [1.807, 2.05) is 19.1 Å². The average molecular weight is 449 g/mol. The van der Waals surface area contributed by atoms with Crippen LogP contribution in [-0.2, 0) is 26.0 Å². The molecule has 0 bridgehead atoms. The summed E-state index contributed by atoms with van der Waals surface area (Å²) >= 11 is 1.52. The minimum absolute atomic E-state index is 0.0969. The predicted octanol–water partition coefficient (Wildman–Crippen LogP) is 2.86. The molecule has 0 fully saturated rings. The smallest absolute Gasteiger partial charge is 0.228 e. The molecule has 1 atom stereocenters. The van der Waals surface area contributed by atoms with Gasteiger partial charge in [0.05, 0.1) is 23.4 Å². The molecule has 30 heavy (non-hydrogen) atoms. The SMILES string of the molecule is COc1ccc(CNC(=O)CCS(=O)(=O)c2ccc3c(c2)NC(=O)C(C)CS3)cc1. The Labute approximate surface area is 180 Å². The summed E-state index contributed by atoms with van der Waals surface area (Å²) in [7, 11) is -2.08. The summed E-state index contributed by atoms with van der Waals surface area (Å²) in [5, 5.41) is 5.51. The average Bonchev–Trinajstić information content (AvgIpc) is 2.89. The van der Waals surface area contributed by atoms with E-state index in [1.165, 1.54) is 23.9 Å². The number of thioether (sulfide) groups is 1. The number of methoxy groups -OCH3 is 1. The number of hydrogen-bond acceptors (Lipinski definition) is 6. The molecule has 0 spiro atoms. The van der Waals surface area contributed by atoms with Gasteiger partial charge in [0.15, 0.2) is 9.84 Å². The normalized spacial score (nSPS) is 16.2. The third kappa shape index (κ3) is 5.54. The lowest BCUT2D eigenvalue weighted by atomic mass is 10.2. The van der Waals surface area contributed by atoms with Crippen molar-refractivity contribution in [1.82, 2.24) is 5.32 Å². The van der Waals surface area contributed by atoms with Crippen LogP contribution < -0.4 is 15.4 Å². The van der Waals surface area contributed by atoms with Gasteiger partial charge in [-0.2, -0.15) is 0 Å². The molecule has 1 heterocycles. The maximum absolute atomic E-state index is 12.7. The molecular weight excluding hydrogens is 424 g/mol. The first-order valence-corrected chi connectivity index (χ1v) is 12.1. The van der Waals surface area contributed by atoms with E-state index in [0.717, 1.165) is 16.2 Å². The minimum Gasteiger partial charge on any atom is -0.497 e. The summed E-state index contributed by atoms with van der Waals surface area (Å²) < 4.78 is 30.5. The third-order valence-electron chi connectivity index (χ3n) is 4.75. The van der Waals surface area contributed by atoms with E-state index in [9.17, 15) is 18.0 Å². The molecular formula is C21H24N2O5S2. The number of sulfone groups is 1. The van der Waals surface area contributed by atoms with Crippen LogP contribution in [0.3, 0.4) is 0 Å². The van der Waals surface area contributed by atoms with Crippen LogP contribution in [0.2, 0.25) is 0 Å². The number of hydrogen-bond donors (Lipinski definition) is 2. The zero-order valence-corrected chi connectivity index (χ0v) is 18.4. The van der Waals surface area contributed by atoms with Gasteiger partial charge in [0, 0.05) is 29.5 Å². The van der Waals surface area contributed by atoms with Gasteiger partial charge in [-0.1, -0.05) is 19.1 Å². The number of benzene rings is 2. The number of nitrogens with one attached hydrogen (secondary N) is 2. The molecule has 7 nitrogen and oxygen atoms in total. The molecule has 0 aromatic heterocycles. The van der Waals surface area contributed by atoms with Crippen LogP contribution in [0.4, 0.5) is 5.69 Å². The summed E-state index contributed by atoms with van der Waals surface area (Å²) in [5.74, 6) is 0.421. The van der Waals surface area contributed by atoms with Crippen molar-refractivity contribution in [3.8, 4) is 5.75 Å². The van der Waals surface area contributed by atoms with Gasteiger partial charge < -0.3 is 15.4 Å². The van der Waals surface area contributed by atoms with Crippen LogP contribution in [0.5, 0.6) is 5.75 Å². The zero-order chi connectivity index (χ0) is 21.7. The highest BCUT2D eigenvalue weighted by Gasteiger charge is 2.23. The van der Waals surface area contributed by atoms with Crippen LogP contribution in [0.1, 0.15) is 18.9 Å². The number of ether oxygens (including phenoxy) is 1. The summed E-state index contributed by atoms with van der Waals surface area (Å²) in [6, 6.07) is 12.0. The van der Waals surface area contributed by atoms with Gasteiger partial charge in [-0.3, -0.25) is 9.59 Å². The summed E-state index contributed by atoms with van der Waals surface area (Å²) in [6.45, 7) is 2.14. The predicted molar refractivity (Wildman–Crippen MR) is 116 cm³/mol. The molecule has 2 N–H and O–H groups in total. The summed E-state index contributed by atoms with van der Waals surface area (Å²) in [5.41, 5.74) is 1.39. The van der Waals surface area contributed by atoms with Crippen molar-refractivity contribution >= 4 is 39.1 Å². The van der Waals surface area contributed by atoms with Crippen molar-refractivity contribution < 1.29 is 22.7 Å². The molecule has 0 saturated carbocycles. The van der Waals surface area contributed by atoms with Gasteiger partial charge in [-0.05, 0) is 35.9 Å². The fourth-order valence-corrected chi connectivity index (χ4v) is 5.12. The van der Waals surface area contributed by atoms with Gasteiger partial charge in [-0.25, -0.2) is 8.42 Å². The first-order chi connectivity index (χ1) is 14.3. The Balaban J connectivity index is 1.59. The Kier molecular flexibility index (Phi) is 7.04. The molecule has 0 saturated heterocycles. The molecule has 2 amide bonds. The quantitative estimate of drug-likeness (QED) is 0.675. The Morgan fingerprint density at radius 3 is 2.67 bits per heavy atom. The van der Waals surface area contributed by atoms with E-state index in [2.05, 4.69) is 10.6 Å². The Hall–Kier alpha value is -2.52. The molecule has 2 aromatic carbocycles. The summed E-state index contributed by atoms with van der Waals surface area (Å²) in [4.78, 5) is 25.1. The molecule has 160 valence electrons. The highest BCUT2D eigenvalue weighted by molar-refractivity contribution is 7.99. The van der Waals surface area contributed by atoms with Crippen molar-refractivity contribution in [2.24, 2.45) is 5.92 Å². The van der Waals surface area contributed by atoms with Crippen molar-refractivity contribution in [3.63, 3.8) is 0 Å². The minimum atomic E-state index is -3.66. The van der Waals surface area contributed by atoms with Gasteiger partial charge in [0.25, 0.3) is 0 Å². The highest BCUT2D eigenvalue weighted by Crippen LogP contribution is 2.34.